The molecule has 1 aromatic rings. The summed E-state index contributed by atoms with van der Waals surface area (Å²) in [6.45, 7) is 0. The minimum atomic E-state index is 0.00384. The molecule has 0 fully saturated rings. The number of nitrogens with one attached hydrogen (secondary N) is 1. The molecule has 0 spiro atoms. The second kappa shape index (κ2) is 5.53. The number of aromatic nitrogens is 2. The zero-order valence-corrected chi connectivity index (χ0v) is 8.17. The molecule has 0 aliphatic heterocycles. The number of rotatable bonds is 4. The summed E-state index contributed by atoms with van der Waals surface area (Å²) in [5.74, 6) is 0.837. The van der Waals surface area contributed by atoms with Crippen LogP contribution in [0.5, 0.6) is 0 Å². The molecule has 1 amide bonds. The molecule has 0 unspecified atom stereocenters. The smallest absolute Gasteiger partial charge is 0.225 e. The van der Waals surface area contributed by atoms with Gasteiger partial charge in [-0.15, -0.1) is 0 Å². The summed E-state index contributed by atoms with van der Waals surface area (Å²) in [5.41, 5.74) is 0.647. The fourth-order valence-electron chi connectivity index (χ4n) is 0.782. The number of nitrogens with zero attached hydrogens (tertiary/aromatic N) is 2. The average Bonchev–Trinajstić information content (AvgIpc) is 2.16. The van der Waals surface area contributed by atoms with Crippen molar-refractivity contribution in [2.24, 2.45) is 0 Å². The van der Waals surface area contributed by atoms with Crippen LogP contribution in [0.2, 0.25) is 0 Å². The number of thioether (sulfide) groups is 1. The van der Waals surface area contributed by atoms with Crippen LogP contribution in [0.15, 0.2) is 18.7 Å². The van der Waals surface area contributed by atoms with Gasteiger partial charge in [0.1, 0.15) is 6.33 Å². The Balaban J connectivity index is 2.37. The first kappa shape index (κ1) is 9.98. The highest BCUT2D eigenvalue weighted by Crippen LogP contribution is 2.02. The highest BCUT2D eigenvalue weighted by Gasteiger charge is 2.00. The molecule has 0 bridgehead atoms. The van der Waals surface area contributed by atoms with E-state index in [0.29, 0.717) is 12.1 Å². The molecule has 1 heterocycles. The molecule has 0 aliphatic carbocycles. The monoisotopic (exact) mass is 197 g/mol. The van der Waals surface area contributed by atoms with Crippen LogP contribution in [-0.4, -0.2) is 27.9 Å². The predicted molar refractivity (Wildman–Crippen MR) is 53.7 cm³/mol. The van der Waals surface area contributed by atoms with Gasteiger partial charge < -0.3 is 5.32 Å². The quantitative estimate of drug-likeness (QED) is 0.787. The van der Waals surface area contributed by atoms with Crippen molar-refractivity contribution >= 4 is 23.4 Å². The highest BCUT2D eigenvalue weighted by atomic mass is 32.2. The van der Waals surface area contributed by atoms with Gasteiger partial charge in [-0.3, -0.25) is 4.79 Å². The Morgan fingerprint density at radius 3 is 2.85 bits per heavy atom. The Bertz CT molecular complexity index is 265. The van der Waals surface area contributed by atoms with Crippen molar-refractivity contribution in [1.82, 2.24) is 9.97 Å². The van der Waals surface area contributed by atoms with Gasteiger partial charge in [-0.05, 0) is 6.26 Å². The summed E-state index contributed by atoms with van der Waals surface area (Å²) in [7, 11) is 0. The van der Waals surface area contributed by atoms with Gasteiger partial charge in [0.2, 0.25) is 5.91 Å². The average molecular weight is 197 g/mol. The summed E-state index contributed by atoms with van der Waals surface area (Å²) >= 11 is 1.65. The zero-order valence-electron chi connectivity index (χ0n) is 7.36. The molecule has 0 saturated heterocycles. The summed E-state index contributed by atoms with van der Waals surface area (Å²) in [6.07, 6.45) is 7.07. The van der Waals surface area contributed by atoms with Crippen molar-refractivity contribution in [2.75, 3.05) is 17.3 Å². The molecule has 1 rings (SSSR count). The van der Waals surface area contributed by atoms with Crippen LogP contribution in [0, 0.1) is 0 Å². The van der Waals surface area contributed by atoms with E-state index in [1.165, 1.54) is 6.33 Å². The zero-order chi connectivity index (χ0) is 9.52. The molecule has 0 atom stereocenters. The number of anilines is 1. The van der Waals surface area contributed by atoms with Gasteiger partial charge in [0, 0.05) is 12.2 Å². The molecule has 13 heavy (non-hydrogen) atoms. The van der Waals surface area contributed by atoms with Crippen molar-refractivity contribution in [3.05, 3.63) is 18.7 Å². The minimum absolute atomic E-state index is 0.00384. The molecule has 0 radical (unpaired) electrons. The Morgan fingerprint density at radius 1 is 1.54 bits per heavy atom. The first-order chi connectivity index (χ1) is 6.33. The van der Waals surface area contributed by atoms with Crippen molar-refractivity contribution in [3.63, 3.8) is 0 Å². The van der Waals surface area contributed by atoms with Crippen molar-refractivity contribution in [2.45, 2.75) is 6.42 Å². The molecule has 5 heteroatoms. The van der Waals surface area contributed by atoms with E-state index in [1.807, 2.05) is 6.26 Å². The van der Waals surface area contributed by atoms with Gasteiger partial charge in [-0.25, -0.2) is 9.97 Å². The van der Waals surface area contributed by atoms with Crippen LogP contribution in [0.1, 0.15) is 6.42 Å². The molecule has 70 valence electrons. The lowest BCUT2D eigenvalue weighted by molar-refractivity contribution is -0.115. The molecular weight excluding hydrogens is 186 g/mol. The molecule has 1 N–H and O–H groups in total. The maximum atomic E-state index is 11.2. The van der Waals surface area contributed by atoms with E-state index in [4.69, 9.17) is 0 Å². The second-order valence-corrected chi connectivity index (χ2v) is 3.40. The van der Waals surface area contributed by atoms with Crippen molar-refractivity contribution < 1.29 is 4.79 Å². The fraction of sp³-hybridized carbons (Fsp3) is 0.375. The topological polar surface area (TPSA) is 54.9 Å². The van der Waals surface area contributed by atoms with Crippen molar-refractivity contribution in [1.29, 1.82) is 0 Å². The SMILES string of the molecule is CSCCC(=O)Nc1cncnc1. The largest absolute Gasteiger partial charge is 0.323 e. The standard InChI is InChI=1S/C8H11N3OS/c1-13-3-2-8(12)11-7-4-9-6-10-5-7/h4-6H,2-3H2,1H3,(H,11,12). The predicted octanol–water partition coefficient (Wildman–Crippen LogP) is 1.17. The third-order valence-corrected chi connectivity index (χ3v) is 1.99. The third kappa shape index (κ3) is 3.89. The highest BCUT2D eigenvalue weighted by molar-refractivity contribution is 7.98. The maximum absolute atomic E-state index is 11.2. The van der Waals surface area contributed by atoms with E-state index in [-0.39, 0.29) is 5.91 Å². The first-order valence-electron chi connectivity index (χ1n) is 3.86. The van der Waals surface area contributed by atoms with E-state index >= 15 is 0 Å². The van der Waals surface area contributed by atoms with Crippen LogP contribution in [0.3, 0.4) is 0 Å². The summed E-state index contributed by atoms with van der Waals surface area (Å²) in [4.78, 5) is 18.8. The third-order valence-electron chi connectivity index (χ3n) is 1.38. The van der Waals surface area contributed by atoms with Crippen LogP contribution in [0.4, 0.5) is 5.69 Å². The van der Waals surface area contributed by atoms with Crippen LogP contribution in [0.25, 0.3) is 0 Å². The lowest BCUT2D eigenvalue weighted by Gasteiger charge is -2.01. The summed E-state index contributed by atoms with van der Waals surface area (Å²) in [6, 6.07) is 0. The van der Waals surface area contributed by atoms with Crippen molar-refractivity contribution in [3.8, 4) is 0 Å². The molecule has 0 saturated carbocycles. The van der Waals surface area contributed by atoms with Crippen LogP contribution in [-0.2, 0) is 4.79 Å². The van der Waals surface area contributed by atoms with E-state index in [0.717, 1.165) is 5.75 Å². The van der Waals surface area contributed by atoms with Gasteiger partial charge in [-0.2, -0.15) is 11.8 Å². The number of amides is 1. The molecule has 0 aromatic carbocycles. The maximum Gasteiger partial charge on any atom is 0.225 e. The van der Waals surface area contributed by atoms with Gasteiger partial charge in [0.25, 0.3) is 0 Å². The Hall–Kier alpha value is -1.10. The lowest BCUT2D eigenvalue weighted by Crippen LogP contribution is -2.12. The first-order valence-corrected chi connectivity index (χ1v) is 5.26. The van der Waals surface area contributed by atoms with E-state index in [2.05, 4.69) is 15.3 Å². The van der Waals surface area contributed by atoms with Crippen LogP contribution >= 0.6 is 11.8 Å². The Labute approximate surface area is 81.2 Å². The minimum Gasteiger partial charge on any atom is -0.323 e. The number of hydrogen-bond acceptors (Lipinski definition) is 4. The second-order valence-electron chi connectivity index (χ2n) is 2.42. The lowest BCUT2D eigenvalue weighted by atomic mass is 10.4. The van der Waals surface area contributed by atoms with Gasteiger partial charge in [0.15, 0.2) is 0 Å². The molecule has 1 aromatic heterocycles. The number of hydrogen-bond donors (Lipinski definition) is 1. The summed E-state index contributed by atoms with van der Waals surface area (Å²) in [5, 5.41) is 2.70. The van der Waals surface area contributed by atoms with E-state index in [1.54, 1.807) is 24.2 Å². The van der Waals surface area contributed by atoms with Gasteiger partial charge in [-0.1, -0.05) is 0 Å². The molecule has 0 aliphatic rings. The van der Waals surface area contributed by atoms with E-state index in [9.17, 15) is 4.79 Å². The fourth-order valence-corrected chi connectivity index (χ4v) is 1.17. The summed E-state index contributed by atoms with van der Waals surface area (Å²) < 4.78 is 0. The molecule has 4 nitrogen and oxygen atoms in total. The number of carbonyl (C=O) groups excluding carboxylic acids is 1. The Kier molecular flexibility index (Phi) is 4.25. The number of carbonyl (C=O) groups is 1. The van der Waals surface area contributed by atoms with Crippen LogP contribution < -0.4 is 5.32 Å². The van der Waals surface area contributed by atoms with Gasteiger partial charge >= 0.3 is 0 Å². The normalized spacial score (nSPS) is 9.62. The van der Waals surface area contributed by atoms with E-state index < -0.39 is 0 Å². The Morgan fingerprint density at radius 2 is 2.23 bits per heavy atom. The van der Waals surface area contributed by atoms with Gasteiger partial charge in [0.05, 0.1) is 18.1 Å². The molecular formula is C8H11N3OS.